The van der Waals surface area contributed by atoms with Gasteiger partial charge in [0.15, 0.2) is 5.82 Å². The predicted molar refractivity (Wildman–Crippen MR) is 79.6 cm³/mol. The summed E-state index contributed by atoms with van der Waals surface area (Å²) in [4.78, 5) is 2.07. The van der Waals surface area contributed by atoms with Crippen molar-refractivity contribution in [3.05, 3.63) is 30.3 Å². The second-order valence-electron chi connectivity index (χ2n) is 4.38. The molecule has 4 N–H and O–H groups in total. The van der Waals surface area contributed by atoms with Gasteiger partial charge < -0.3 is 20.6 Å². The van der Waals surface area contributed by atoms with E-state index in [1.54, 1.807) is 0 Å². The van der Waals surface area contributed by atoms with Crippen LogP contribution in [0.3, 0.4) is 0 Å². The minimum atomic E-state index is -4.98. The van der Waals surface area contributed by atoms with Crippen LogP contribution in [0.15, 0.2) is 50.4 Å². The van der Waals surface area contributed by atoms with Crippen LogP contribution < -0.4 is 70.6 Å². The molecular formula is C11H9N5Na2O6S2. The third-order valence-corrected chi connectivity index (χ3v) is 4.39. The molecule has 128 valence electrons. The monoisotopic (exact) mass is 417 g/mol. The summed E-state index contributed by atoms with van der Waals surface area (Å²) >= 11 is 0. The van der Waals surface area contributed by atoms with E-state index in [4.69, 9.17) is 11.5 Å². The van der Waals surface area contributed by atoms with Crippen LogP contribution in [0, 0.1) is 0 Å². The predicted octanol–water partition coefficient (Wildman–Crippen LogP) is -5.52. The zero-order valence-electron chi connectivity index (χ0n) is 13.6. The number of hydrogen-bond donors (Lipinski definition) is 2. The van der Waals surface area contributed by atoms with Crippen LogP contribution in [-0.4, -0.2) is 30.9 Å². The first kappa shape index (κ1) is 25.4. The Labute approximate surface area is 193 Å². The Morgan fingerprint density at radius 3 is 1.92 bits per heavy atom. The maximum atomic E-state index is 11.2. The molecule has 11 nitrogen and oxygen atoms in total. The molecule has 0 spiro atoms. The maximum Gasteiger partial charge on any atom is 1.00 e. The Morgan fingerprint density at radius 2 is 1.42 bits per heavy atom. The van der Waals surface area contributed by atoms with Gasteiger partial charge in [0.05, 0.1) is 9.79 Å². The van der Waals surface area contributed by atoms with Gasteiger partial charge in [-0.2, -0.15) is 0 Å². The van der Waals surface area contributed by atoms with Gasteiger partial charge in [0, 0.05) is 0 Å². The van der Waals surface area contributed by atoms with Crippen LogP contribution in [0.2, 0.25) is 0 Å². The molecule has 0 aliphatic rings. The van der Waals surface area contributed by atoms with Gasteiger partial charge in [-0.25, -0.2) is 21.8 Å². The Hall–Kier alpha value is -0.610. The number of anilines is 2. The standard InChI is InChI=1S/C11H11N5O6S2.2Na/c12-10-4-2-7(11(13)14-10)15-16-8-5-6(23(17,18)19)1-3-9(8)24(20,21)22;;/h1-5H,(H4,12,13,14)(H,17,18,19)(H,20,21,22);;/q;2*+1/p-2. The molecule has 15 heteroatoms. The molecular weight excluding hydrogens is 408 g/mol. The second-order valence-corrected chi connectivity index (χ2v) is 7.11. The Morgan fingerprint density at radius 1 is 0.846 bits per heavy atom. The third-order valence-electron chi connectivity index (χ3n) is 2.68. The number of benzene rings is 1. The third kappa shape index (κ3) is 6.53. The first-order valence-corrected chi connectivity index (χ1v) is 8.80. The summed E-state index contributed by atoms with van der Waals surface area (Å²) in [5.41, 5.74) is 10.3. The normalized spacial score (nSPS) is 11.6. The number of nitrogens with zero attached hydrogens (tertiary/aromatic N) is 3. The molecule has 0 aliphatic carbocycles. The molecule has 2 aromatic rings. The minimum Gasteiger partial charge on any atom is -0.744 e. The quantitative estimate of drug-likeness (QED) is 0.276. The zero-order chi connectivity index (χ0) is 18.1. The number of pyridine rings is 1. The number of rotatable bonds is 4. The average molecular weight is 417 g/mol. The first-order valence-electron chi connectivity index (χ1n) is 5.98. The molecule has 0 aliphatic heterocycles. The van der Waals surface area contributed by atoms with E-state index in [-0.39, 0.29) is 76.4 Å². The van der Waals surface area contributed by atoms with Gasteiger partial charge in [0.1, 0.15) is 37.4 Å². The van der Waals surface area contributed by atoms with Crippen molar-refractivity contribution in [2.75, 3.05) is 11.5 Å². The molecule has 1 heterocycles. The maximum absolute atomic E-state index is 11.2. The van der Waals surface area contributed by atoms with Crippen molar-refractivity contribution in [2.45, 2.75) is 9.79 Å². The van der Waals surface area contributed by atoms with Gasteiger partial charge in [0.25, 0.3) is 0 Å². The van der Waals surface area contributed by atoms with Crippen molar-refractivity contribution in [1.82, 2.24) is 4.98 Å². The van der Waals surface area contributed by atoms with Crippen LogP contribution in [0.5, 0.6) is 0 Å². The zero-order valence-corrected chi connectivity index (χ0v) is 19.3. The number of nitrogens with two attached hydrogens (primary N) is 2. The molecule has 2 rings (SSSR count). The minimum absolute atomic E-state index is 0. The van der Waals surface area contributed by atoms with Crippen molar-refractivity contribution in [1.29, 1.82) is 0 Å². The summed E-state index contributed by atoms with van der Waals surface area (Å²) in [7, 11) is -9.87. The molecule has 0 bridgehead atoms. The van der Waals surface area contributed by atoms with Crippen molar-refractivity contribution in [3.63, 3.8) is 0 Å². The summed E-state index contributed by atoms with van der Waals surface area (Å²) < 4.78 is 66.6. The van der Waals surface area contributed by atoms with E-state index in [1.165, 1.54) is 12.1 Å². The molecule has 0 unspecified atom stereocenters. The molecule has 0 amide bonds. The number of azo groups is 1. The summed E-state index contributed by atoms with van der Waals surface area (Å²) in [5, 5.41) is 7.09. The van der Waals surface area contributed by atoms with Crippen molar-refractivity contribution in [2.24, 2.45) is 10.2 Å². The fourth-order valence-corrected chi connectivity index (χ4v) is 2.70. The van der Waals surface area contributed by atoms with E-state index >= 15 is 0 Å². The van der Waals surface area contributed by atoms with Crippen LogP contribution in [0.4, 0.5) is 23.0 Å². The number of aromatic nitrogens is 1. The van der Waals surface area contributed by atoms with Crippen molar-refractivity contribution in [3.8, 4) is 0 Å². The Kier molecular flexibility index (Phi) is 9.32. The number of nitrogen functional groups attached to an aromatic ring is 2. The molecule has 0 saturated carbocycles. The molecule has 1 aromatic carbocycles. The van der Waals surface area contributed by atoms with Crippen molar-refractivity contribution < 1.29 is 85.1 Å². The van der Waals surface area contributed by atoms with Gasteiger partial charge >= 0.3 is 59.1 Å². The Balaban J connectivity index is 0.00000312. The van der Waals surface area contributed by atoms with E-state index in [1.807, 2.05) is 0 Å². The van der Waals surface area contributed by atoms with Gasteiger partial charge in [-0.15, -0.1) is 10.2 Å². The van der Waals surface area contributed by atoms with Gasteiger partial charge in [0.2, 0.25) is 0 Å². The van der Waals surface area contributed by atoms with Crippen LogP contribution in [0.25, 0.3) is 0 Å². The fourth-order valence-electron chi connectivity index (χ4n) is 1.62. The summed E-state index contributed by atoms with van der Waals surface area (Å²) in [6, 6.07) is 4.63. The first-order chi connectivity index (χ1) is 11.0. The SMILES string of the molecule is Nc1ccc(N=Nc2cc(S(=O)(=O)[O-])ccc2S(=O)(=O)[O-])c(N)n1.[Na+].[Na+]. The largest absolute Gasteiger partial charge is 1.00 e. The van der Waals surface area contributed by atoms with Crippen LogP contribution in [-0.2, 0) is 20.2 Å². The van der Waals surface area contributed by atoms with Gasteiger partial charge in [-0.05, 0) is 30.3 Å². The topological polar surface area (TPSA) is 204 Å². The summed E-state index contributed by atoms with van der Waals surface area (Å²) in [5.74, 6) is -0.0217. The summed E-state index contributed by atoms with van der Waals surface area (Å²) in [6.07, 6.45) is 0. The molecule has 0 radical (unpaired) electrons. The molecule has 0 fully saturated rings. The molecule has 1 aromatic heterocycles. The van der Waals surface area contributed by atoms with Crippen LogP contribution in [0.1, 0.15) is 0 Å². The molecule has 0 saturated heterocycles. The Bertz CT molecular complexity index is 1040. The molecule has 0 atom stereocenters. The van der Waals surface area contributed by atoms with Crippen molar-refractivity contribution >= 4 is 43.2 Å². The van der Waals surface area contributed by atoms with E-state index in [0.29, 0.717) is 18.2 Å². The summed E-state index contributed by atoms with van der Waals surface area (Å²) in [6.45, 7) is 0. The average Bonchev–Trinajstić information content (AvgIpc) is 2.44. The van der Waals surface area contributed by atoms with E-state index < -0.39 is 35.7 Å². The van der Waals surface area contributed by atoms with Gasteiger partial charge in [-0.3, -0.25) is 0 Å². The fraction of sp³-hybridized carbons (Fsp3) is 0. The van der Waals surface area contributed by atoms with E-state index in [0.717, 1.165) is 0 Å². The van der Waals surface area contributed by atoms with E-state index in [9.17, 15) is 25.9 Å². The van der Waals surface area contributed by atoms with E-state index in [2.05, 4.69) is 15.2 Å². The smallest absolute Gasteiger partial charge is 0.744 e. The number of hydrogen-bond acceptors (Lipinski definition) is 11. The second kappa shape index (κ2) is 9.54. The van der Waals surface area contributed by atoms with Gasteiger partial charge in [-0.1, -0.05) is 0 Å². The van der Waals surface area contributed by atoms with Crippen LogP contribution >= 0.6 is 0 Å². The molecule has 26 heavy (non-hydrogen) atoms.